The number of hydrogen-bond donors (Lipinski definition) is 2. The molecule has 1 aromatic rings. The predicted octanol–water partition coefficient (Wildman–Crippen LogP) is 0.740. The van der Waals surface area contributed by atoms with Crippen LogP contribution in [0.5, 0.6) is 0 Å². The molecule has 0 aliphatic heterocycles. The molecular weight excluding hydrogens is 262 g/mol. The SMILES string of the molecule is CC(C)(CO)NC(=O)c1nccc(Br)n1. The molecule has 0 spiro atoms. The topological polar surface area (TPSA) is 75.1 Å². The molecule has 0 aromatic carbocycles. The maximum Gasteiger partial charge on any atom is 0.289 e. The van der Waals surface area contributed by atoms with Crippen molar-refractivity contribution in [2.45, 2.75) is 19.4 Å². The van der Waals surface area contributed by atoms with E-state index in [1.165, 1.54) is 6.20 Å². The third kappa shape index (κ3) is 3.56. The first-order valence-corrected chi connectivity index (χ1v) is 5.16. The smallest absolute Gasteiger partial charge is 0.289 e. The van der Waals surface area contributed by atoms with Crippen molar-refractivity contribution in [1.29, 1.82) is 0 Å². The number of carbonyl (C=O) groups is 1. The van der Waals surface area contributed by atoms with Crippen LogP contribution in [0.15, 0.2) is 16.9 Å². The number of halogens is 1. The molecule has 0 saturated heterocycles. The highest BCUT2D eigenvalue weighted by atomic mass is 79.9. The molecule has 0 aliphatic carbocycles. The van der Waals surface area contributed by atoms with Gasteiger partial charge in [0.05, 0.1) is 12.1 Å². The molecule has 0 fully saturated rings. The second kappa shape index (κ2) is 4.67. The number of carbonyl (C=O) groups excluding carboxylic acids is 1. The number of nitrogens with zero attached hydrogens (tertiary/aromatic N) is 2. The van der Waals surface area contributed by atoms with Crippen molar-refractivity contribution in [3.63, 3.8) is 0 Å². The normalized spacial score (nSPS) is 11.2. The number of aromatic nitrogens is 2. The lowest BCUT2D eigenvalue weighted by Crippen LogP contribution is -2.46. The van der Waals surface area contributed by atoms with Gasteiger partial charge in [-0.15, -0.1) is 0 Å². The van der Waals surface area contributed by atoms with Crippen LogP contribution in [0.3, 0.4) is 0 Å². The quantitative estimate of drug-likeness (QED) is 0.797. The highest BCUT2D eigenvalue weighted by Gasteiger charge is 2.21. The van der Waals surface area contributed by atoms with Crippen molar-refractivity contribution in [3.05, 3.63) is 22.7 Å². The second-order valence-electron chi connectivity index (χ2n) is 3.70. The van der Waals surface area contributed by atoms with E-state index in [9.17, 15) is 4.79 Å². The first-order chi connectivity index (χ1) is 6.94. The van der Waals surface area contributed by atoms with Crippen LogP contribution in [0.2, 0.25) is 0 Å². The van der Waals surface area contributed by atoms with Crippen molar-refractivity contribution in [2.75, 3.05) is 6.61 Å². The molecule has 0 radical (unpaired) electrons. The molecule has 2 N–H and O–H groups in total. The van der Waals surface area contributed by atoms with E-state index in [4.69, 9.17) is 5.11 Å². The molecule has 0 atom stereocenters. The van der Waals surface area contributed by atoms with Crippen LogP contribution < -0.4 is 5.32 Å². The zero-order valence-corrected chi connectivity index (χ0v) is 10.1. The fourth-order valence-electron chi connectivity index (χ4n) is 0.849. The average Bonchev–Trinajstić information content (AvgIpc) is 2.17. The Bertz CT molecular complexity index is 368. The zero-order valence-electron chi connectivity index (χ0n) is 8.49. The Balaban J connectivity index is 2.78. The summed E-state index contributed by atoms with van der Waals surface area (Å²) < 4.78 is 0.546. The van der Waals surface area contributed by atoms with Gasteiger partial charge in [-0.1, -0.05) is 0 Å². The Morgan fingerprint density at radius 2 is 2.33 bits per heavy atom. The largest absolute Gasteiger partial charge is 0.394 e. The van der Waals surface area contributed by atoms with Gasteiger partial charge < -0.3 is 10.4 Å². The number of rotatable bonds is 3. The van der Waals surface area contributed by atoms with Crippen LogP contribution in [-0.4, -0.2) is 33.1 Å². The molecular formula is C9H12BrN3O2. The summed E-state index contributed by atoms with van der Waals surface area (Å²) in [5, 5.41) is 11.6. The Kier molecular flexibility index (Phi) is 3.76. The van der Waals surface area contributed by atoms with Crippen molar-refractivity contribution < 1.29 is 9.90 Å². The second-order valence-corrected chi connectivity index (χ2v) is 4.51. The van der Waals surface area contributed by atoms with Crippen LogP contribution in [0, 0.1) is 0 Å². The monoisotopic (exact) mass is 273 g/mol. The van der Waals surface area contributed by atoms with Gasteiger partial charge in [0.2, 0.25) is 5.82 Å². The average molecular weight is 274 g/mol. The first-order valence-electron chi connectivity index (χ1n) is 4.36. The molecule has 0 unspecified atom stereocenters. The predicted molar refractivity (Wildman–Crippen MR) is 58.4 cm³/mol. The third-order valence-corrected chi connectivity index (χ3v) is 2.11. The van der Waals surface area contributed by atoms with Crippen LogP contribution in [-0.2, 0) is 0 Å². The van der Waals surface area contributed by atoms with Gasteiger partial charge in [-0.05, 0) is 35.8 Å². The van der Waals surface area contributed by atoms with Crippen LogP contribution in [0.25, 0.3) is 0 Å². The Labute approximate surface area is 96.1 Å². The van der Waals surface area contributed by atoms with Crippen LogP contribution in [0.1, 0.15) is 24.5 Å². The summed E-state index contributed by atoms with van der Waals surface area (Å²) in [4.78, 5) is 19.3. The third-order valence-electron chi connectivity index (χ3n) is 1.67. The molecule has 0 saturated carbocycles. The zero-order chi connectivity index (χ0) is 11.5. The van der Waals surface area contributed by atoms with E-state index < -0.39 is 11.4 Å². The van der Waals surface area contributed by atoms with Crippen LogP contribution >= 0.6 is 15.9 Å². The van der Waals surface area contributed by atoms with E-state index in [2.05, 4.69) is 31.2 Å². The van der Waals surface area contributed by atoms with E-state index in [1.807, 2.05) is 0 Å². The van der Waals surface area contributed by atoms with E-state index in [0.29, 0.717) is 4.60 Å². The Morgan fingerprint density at radius 3 is 2.87 bits per heavy atom. The summed E-state index contributed by atoms with van der Waals surface area (Å²) in [7, 11) is 0. The summed E-state index contributed by atoms with van der Waals surface area (Å²) >= 11 is 3.15. The molecule has 82 valence electrons. The van der Waals surface area contributed by atoms with Crippen molar-refractivity contribution in [1.82, 2.24) is 15.3 Å². The van der Waals surface area contributed by atoms with E-state index in [1.54, 1.807) is 19.9 Å². The molecule has 15 heavy (non-hydrogen) atoms. The lowest BCUT2D eigenvalue weighted by atomic mass is 10.1. The summed E-state index contributed by atoms with van der Waals surface area (Å²) in [6.07, 6.45) is 1.48. The van der Waals surface area contributed by atoms with E-state index >= 15 is 0 Å². The van der Waals surface area contributed by atoms with Gasteiger partial charge in [0.15, 0.2) is 0 Å². The standard InChI is InChI=1S/C9H12BrN3O2/c1-9(2,5-14)13-8(15)7-11-4-3-6(10)12-7/h3-4,14H,5H2,1-2H3,(H,13,15). The lowest BCUT2D eigenvalue weighted by molar-refractivity contribution is 0.0858. The summed E-state index contributed by atoms with van der Waals surface area (Å²) in [5.74, 6) is -0.332. The molecule has 0 aliphatic rings. The van der Waals surface area contributed by atoms with Gasteiger partial charge in [0.1, 0.15) is 4.60 Å². The minimum atomic E-state index is -0.678. The molecule has 1 rings (SSSR count). The van der Waals surface area contributed by atoms with Crippen LogP contribution in [0.4, 0.5) is 0 Å². The van der Waals surface area contributed by atoms with Gasteiger partial charge >= 0.3 is 0 Å². The summed E-state index contributed by atoms with van der Waals surface area (Å²) in [6, 6.07) is 1.63. The van der Waals surface area contributed by atoms with Gasteiger partial charge in [-0.2, -0.15) is 0 Å². The number of aliphatic hydroxyl groups is 1. The van der Waals surface area contributed by atoms with Gasteiger partial charge in [-0.3, -0.25) is 4.79 Å². The number of aliphatic hydroxyl groups excluding tert-OH is 1. The summed E-state index contributed by atoms with van der Waals surface area (Å²) in [6.45, 7) is 3.28. The van der Waals surface area contributed by atoms with Crippen molar-refractivity contribution in [3.8, 4) is 0 Å². The van der Waals surface area contributed by atoms with Crippen molar-refractivity contribution >= 4 is 21.8 Å². The maximum atomic E-state index is 11.6. The Morgan fingerprint density at radius 1 is 1.67 bits per heavy atom. The fourth-order valence-corrected chi connectivity index (χ4v) is 1.14. The molecule has 1 heterocycles. The molecule has 0 bridgehead atoms. The maximum absolute atomic E-state index is 11.6. The molecule has 5 nitrogen and oxygen atoms in total. The molecule has 1 amide bonds. The number of hydrogen-bond acceptors (Lipinski definition) is 4. The fraction of sp³-hybridized carbons (Fsp3) is 0.444. The highest BCUT2D eigenvalue weighted by molar-refractivity contribution is 9.10. The minimum Gasteiger partial charge on any atom is -0.394 e. The molecule has 6 heteroatoms. The van der Waals surface area contributed by atoms with Gasteiger partial charge in [0.25, 0.3) is 5.91 Å². The molecule has 1 aromatic heterocycles. The van der Waals surface area contributed by atoms with E-state index in [0.717, 1.165) is 0 Å². The van der Waals surface area contributed by atoms with Gasteiger partial charge in [0, 0.05) is 6.20 Å². The Hall–Kier alpha value is -1.01. The van der Waals surface area contributed by atoms with Crippen molar-refractivity contribution in [2.24, 2.45) is 0 Å². The van der Waals surface area contributed by atoms with Gasteiger partial charge in [-0.25, -0.2) is 9.97 Å². The number of amides is 1. The first kappa shape index (κ1) is 12.1. The van der Waals surface area contributed by atoms with E-state index in [-0.39, 0.29) is 12.4 Å². The highest BCUT2D eigenvalue weighted by Crippen LogP contribution is 2.05. The minimum absolute atomic E-state index is 0.0749. The summed E-state index contributed by atoms with van der Waals surface area (Å²) in [5.41, 5.74) is -0.678. The lowest BCUT2D eigenvalue weighted by Gasteiger charge is -2.22. The number of nitrogens with one attached hydrogen (secondary N) is 1.